The van der Waals surface area contributed by atoms with Crippen LogP contribution in [0.4, 0.5) is 17.6 Å². The van der Waals surface area contributed by atoms with E-state index in [2.05, 4.69) is 4.18 Å². The zero-order valence-corrected chi connectivity index (χ0v) is 11.0. The molecule has 0 bridgehead atoms. The zero-order valence-electron chi connectivity index (χ0n) is 10.1. The Bertz CT molecular complexity index is 501. The van der Waals surface area contributed by atoms with Crippen LogP contribution in [0.1, 0.15) is 5.56 Å². The van der Waals surface area contributed by atoms with E-state index in [1.54, 1.807) is 30.3 Å². The fraction of sp³-hybridized carbons (Fsp3) is 0.455. The predicted octanol–water partition coefficient (Wildman–Crippen LogP) is 2.41. The molecule has 1 aromatic rings. The molecule has 0 aliphatic carbocycles. The minimum atomic E-state index is -5.77. The second-order valence-corrected chi connectivity index (χ2v) is 5.39. The summed E-state index contributed by atoms with van der Waals surface area (Å²) in [6.45, 7) is -1.74. The first kappa shape index (κ1) is 16.9. The van der Waals surface area contributed by atoms with Gasteiger partial charge in [-0.25, -0.2) is 4.39 Å². The van der Waals surface area contributed by atoms with Crippen molar-refractivity contribution in [3.63, 3.8) is 0 Å². The largest absolute Gasteiger partial charge is 0.523 e. The molecule has 0 aliphatic heterocycles. The van der Waals surface area contributed by atoms with Crippen LogP contribution in [0.15, 0.2) is 30.3 Å². The molecular formula is C11H12F4O4S. The maximum absolute atomic E-state index is 13.1. The monoisotopic (exact) mass is 316 g/mol. The van der Waals surface area contributed by atoms with E-state index in [-0.39, 0.29) is 6.61 Å². The summed E-state index contributed by atoms with van der Waals surface area (Å²) in [5.41, 5.74) is -4.80. The van der Waals surface area contributed by atoms with Crippen LogP contribution in [0.5, 0.6) is 0 Å². The quantitative estimate of drug-likeness (QED) is 0.440. The Morgan fingerprint density at radius 2 is 1.70 bits per heavy atom. The summed E-state index contributed by atoms with van der Waals surface area (Å²) in [5, 5.41) is 0. The highest BCUT2D eigenvalue weighted by Crippen LogP contribution is 2.24. The summed E-state index contributed by atoms with van der Waals surface area (Å²) < 4.78 is 78.3. The van der Waals surface area contributed by atoms with Crippen molar-refractivity contribution in [2.45, 2.75) is 18.3 Å². The van der Waals surface area contributed by atoms with E-state index in [4.69, 9.17) is 4.74 Å². The van der Waals surface area contributed by atoms with Gasteiger partial charge in [0.2, 0.25) is 0 Å². The van der Waals surface area contributed by atoms with Crippen LogP contribution in [0.2, 0.25) is 0 Å². The van der Waals surface area contributed by atoms with Gasteiger partial charge < -0.3 is 4.74 Å². The van der Waals surface area contributed by atoms with Gasteiger partial charge in [0.25, 0.3) is 0 Å². The molecule has 1 rings (SSSR count). The molecule has 20 heavy (non-hydrogen) atoms. The van der Waals surface area contributed by atoms with Crippen molar-refractivity contribution in [3.05, 3.63) is 35.9 Å². The van der Waals surface area contributed by atoms with Crippen molar-refractivity contribution in [1.82, 2.24) is 0 Å². The van der Waals surface area contributed by atoms with Gasteiger partial charge in [0.15, 0.2) is 0 Å². The van der Waals surface area contributed by atoms with Crippen LogP contribution in [0.3, 0.4) is 0 Å². The molecule has 9 heteroatoms. The second-order valence-electron chi connectivity index (χ2n) is 3.78. The van der Waals surface area contributed by atoms with E-state index in [0.717, 1.165) is 5.56 Å². The minimum absolute atomic E-state index is 0.0628. The Kier molecular flexibility index (Phi) is 5.90. The van der Waals surface area contributed by atoms with E-state index in [1.165, 1.54) is 0 Å². The van der Waals surface area contributed by atoms with Gasteiger partial charge in [-0.05, 0) is 5.56 Å². The predicted molar refractivity (Wildman–Crippen MR) is 61.9 cm³/mol. The molecule has 0 aliphatic rings. The number of hydrogen-bond donors (Lipinski definition) is 0. The molecule has 1 unspecified atom stereocenters. The normalized spacial score (nSPS) is 14.2. The van der Waals surface area contributed by atoms with Gasteiger partial charge in [-0.1, -0.05) is 30.3 Å². The minimum Gasteiger partial charge on any atom is -0.374 e. The van der Waals surface area contributed by atoms with Gasteiger partial charge in [0.05, 0.1) is 13.2 Å². The summed E-state index contributed by atoms with van der Waals surface area (Å²) in [7, 11) is -5.77. The Morgan fingerprint density at radius 3 is 2.25 bits per heavy atom. The van der Waals surface area contributed by atoms with Crippen molar-refractivity contribution in [2.75, 3.05) is 13.2 Å². The maximum atomic E-state index is 13.1. The maximum Gasteiger partial charge on any atom is 0.523 e. The van der Waals surface area contributed by atoms with Gasteiger partial charge in [-0.15, -0.1) is 0 Å². The third kappa shape index (κ3) is 5.43. The SMILES string of the molecule is O=S(=O)(OCC(F)COCc1ccccc1)C(F)(F)F. The highest BCUT2D eigenvalue weighted by molar-refractivity contribution is 7.87. The number of rotatable bonds is 7. The highest BCUT2D eigenvalue weighted by atomic mass is 32.2. The van der Waals surface area contributed by atoms with Gasteiger partial charge >= 0.3 is 15.6 Å². The number of halogens is 4. The van der Waals surface area contributed by atoms with Crippen LogP contribution >= 0.6 is 0 Å². The van der Waals surface area contributed by atoms with Crippen LogP contribution < -0.4 is 0 Å². The molecule has 4 nitrogen and oxygen atoms in total. The van der Waals surface area contributed by atoms with Crippen LogP contribution in [0.25, 0.3) is 0 Å². The Balaban J connectivity index is 2.29. The van der Waals surface area contributed by atoms with Crippen LogP contribution in [-0.2, 0) is 25.6 Å². The van der Waals surface area contributed by atoms with Gasteiger partial charge in [-0.3, -0.25) is 4.18 Å². The van der Waals surface area contributed by atoms with Crippen molar-refractivity contribution in [2.24, 2.45) is 0 Å². The highest BCUT2D eigenvalue weighted by Gasteiger charge is 2.47. The molecule has 0 saturated heterocycles. The molecule has 0 amide bonds. The first-order valence-electron chi connectivity index (χ1n) is 5.44. The average molecular weight is 316 g/mol. The Labute approximate surface area is 113 Å². The summed E-state index contributed by atoms with van der Waals surface area (Å²) in [6, 6.07) is 8.70. The molecule has 0 saturated carbocycles. The molecule has 0 fully saturated rings. The third-order valence-corrected chi connectivity index (χ3v) is 3.11. The van der Waals surface area contributed by atoms with Gasteiger partial charge in [-0.2, -0.15) is 21.6 Å². The zero-order chi connectivity index (χ0) is 15.2. The van der Waals surface area contributed by atoms with E-state index in [9.17, 15) is 26.0 Å². The lowest BCUT2D eigenvalue weighted by molar-refractivity contribution is -0.0564. The summed E-state index contributed by atoms with van der Waals surface area (Å²) in [5.74, 6) is 0. The molecule has 114 valence electrons. The fourth-order valence-corrected chi connectivity index (χ4v) is 1.62. The number of benzene rings is 1. The Morgan fingerprint density at radius 1 is 1.10 bits per heavy atom. The lowest BCUT2D eigenvalue weighted by Gasteiger charge is -2.11. The first-order valence-corrected chi connectivity index (χ1v) is 6.84. The van der Waals surface area contributed by atoms with Crippen LogP contribution in [-0.4, -0.2) is 33.3 Å². The van der Waals surface area contributed by atoms with E-state index in [0.29, 0.717) is 0 Å². The number of hydrogen-bond acceptors (Lipinski definition) is 4. The molecule has 0 N–H and O–H groups in total. The van der Waals surface area contributed by atoms with E-state index >= 15 is 0 Å². The molecule has 0 aromatic heterocycles. The standard InChI is InChI=1S/C11H12F4O4S/c12-10(8-19-20(16,17)11(13,14)15)7-18-6-9-4-2-1-3-5-9/h1-5,10H,6-8H2. The van der Waals surface area contributed by atoms with E-state index < -0.39 is 35.0 Å². The molecule has 0 radical (unpaired) electrons. The molecule has 1 atom stereocenters. The lowest BCUT2D eigenvalue weighted by Crippen LogP contribution is -2.29. The van der Waals surface area contributed by atoms with Crippen LogP contribution in [0, 0.1) is 0 Å². The summed E-state index contributed by atoms with van der Waals surface area (Å²) in [4.78, 5) is 0. The van der Waals surface area contributed by atoms with E-state index in [1.807, 2.05) is 0 Å². The first-order chi connectivity index (χ1) is 9.22. The number of alkyl halides is 4. The fourth-order valence-electron chi connectivity index (χ4n) is 1.16. The molecule has 1 aromatic carbocycles. The second kappa shape index (κ2) is 7.00. The number of ether oxygens (including phenoxy) is 1. The molecule has 0 heterocycles. The average Bonchev–Trinajstić information content (AvgIpc) is 2.36. The van der Waals surface area contributed by atoms with Crippen molar-refractivity contribution in [1.29, 1.82) is 0 Å². The lowest BCUT2D eigenvalue weighted by atomic mass is 10.2. The van der Waals surface area contributed by atoms with Crippen molar-refractivity contribution < 1.29 is 34.9 Å². The summed E-state index contributed by atoms with van der Waals surface area (Å²) >= 11 is 0. The van der Waals surface area contributed by atoms with Gasteiger partial charge in [0, 0.05) is 0 Å². The third-order valence-electron chi connectivity index (χ3n) is 2.10. The molecular weight excluding hydrogens is 304 g/mol. The molecule has 0 spiro atoms. The van der Waals surface area contributed by atoms with Crippen molar-refractivity contribution >= 4 is 10.1 Å². The van der Waals surface area contributed by atoms with Crippen molar-refractivity contribution in [3.8, 4) is 0 Å². The Hall–Kier alpha value is -1.19. The summed E-state index contributed by atoms with van der Waals surface area (Å²) in [6.07, 6.45) is -1.98. The smallest absolute Gasteiger partial charge is 0.374 e. The van der Waals surface area contributed by atoms with Gasteiger partial charge in [0.1, 0.15) is 12.8 Å². The topological polar surface area (TPSA) is 52.6 Å².